The third-order valence-electron chi connectivity index (χ3n) is 4.50. The molecule has 0 amide bonds. The molecule has 0 aliphatic heterocycles. The van der Waals surface area contributed by atoms with Crippen LogP contribution < -0.4 is 5.32 Å². The fourth-order valence-electron chi connectivity index (χ4n) is 3.03. The van der Waals surface area contributed by atoms with Crippen molar-refractivity contribution in [3.05, 3.63) is 32.9 Å². The molecule has 1 N–H and O–H groups in total. The number of hydrogen-bond donors (Lipinski definition) is 1. The summed E-state index contributed by atoms with van der Waals surface area (Å²) in [7, 11) is 0. The van der Waals surface area contributed by atoms with Crippen LogP contribution in [0.15, 0.2) is 4.90 Å². The van der Waals surface area contributed by atoms with Gasteiger partial charge in [-0.25, -0.2) is 8.78 Å². The smallest absolute Gasteiger partial charge is 0.272 e. The zero-order valence-corrected chi connectivity index (χ0v) is 14.3. The lowest BCUT2D eigenvalue weighted by Crippen LogP contribution is -2.22. The third-order valence-corrected chi connectivity index (χ3v) is 5.19. The highest BCUT2D eigenvalue weighted by molar-refractivity contribution is 7.93. The van der Waals surface area contributed by atoms with E-state index in [4.69, 9.17) is 0 Å². The molecule has 0 bridgehead atoms. The van der Waals surface area contributed by atoms with Gasteiger partial charge in [0.1, 0.15) is 10.1 Å². The lowest BCUT2D eigenvalue weighted by Gasteiger charge is -2.24. The lowest BCUT2D eigenvalue weighted by molar-refractivity contribution is -0.284. The summed E-state index contributed by atoms with van der Waals surface area (Å²) in [6.07, 6.45) is 7.61. The Morgan fingerprint density at radius 1 is 1.04 bits per heavy atom. The highest BCUT2D eigenvalue weighted by Gasteiger charge is 2.27. The zero-order valence-electron chi connectivity index (χ0n) is 13.5. The maximum Gasteiger partial charge on any atom is 0.272 e. The molecule has 7 heteroatoms. The molecule has 128 valence electrons. The monoisotopic (exact) mass is 344 g/mol. The van der Waals surface area contributed by atoms with E-state index in [1.54, 1.807) is 6.92 Å². The molecule has 0 atom stereocenters. The summed E-state index contributed by atoms with van der Waals surface area (Å²) in [5.41, 5.74) is 0.942. The SMILES string of the molecule is Cc1c(C)c(NC2CCCCCCC2)c(F)c(S[N+](=O)[O-])c1F. The van der Waals surface area contributed by atoms with Crippen molar-refractivity contribution < 1.29 is 13.1 Å². The van der Waals surface area contributed by atoms with E-state index in [-0.39, 0.29) is 29.2 Å². The maximum absolute atomic E-state index is 14.6. The maximum atomic E-state index is 14.6. The number of nitro groups is 1. The number of halogens is 2. The van der Waals surface area contributed by atoms with Gasteiger partial charge in [0, 0.05) is 6.04 Å². The molecule has 0 heterocycles. The number of benzene rings is 1. The van der Waals surface area contributed by atoms with Crippen LogP contribution in [-0.4, -0.2) is 10.4 Å². The van der Waals surface area contributed by atoms with Gasteiger partial charge in [-0.05, 0) is 37.8 Å². The minimum Gasteiger partial charge on any atom is -0.380 e. The van der Waals surface area contributed by atoms with E-state index in [0.29, 0.717) is 5.56 Å². The van der Waals surface area contributed by atoms with E-state index < -0.39 is 20.9 Å². The van der Waals surface area contributed by atoms with Crippen molar-refractivity contribution in [1.82, 2.24) is 0 Å². The summed E-state index contributed by atoms with van der Waals surface area (Å²) >= 11 is -0.00960. The number of rotatable bonds is 4. The topological polar surface area (TPSA) is 55.2 Å². The Hall–Kier alpha value is -1.37. The molecule has 1 aliphatic carbocycles. The second-order valence-electron chi connectivity index (χ2n) is 6.08. The average Bonchev–Trinajstić information content (AvgIpc) is 2.47. The molecule has 1 aromatic rings. The van der Waals surface area contributed by atoms with Gasteiger partial charge in [0.25, 0.3) is 11.9 Å². The first kappa shape index (κ1) is 18.0. The van der Waals surface area contributed by atoms with Crippen LogP contribution in [0, 0.1) is 35.6 Å². The van der Waals surface area contributed by atoms with E-state index >= 15 is 0 Å². The Bertz CT molecular complexity index is 588. The van der Waals surface area contributed by atoms with Gasteiger partial charge in [-0.2, -0.15) is 0 Å². The Labute approximate surface area is 139 Å². The van der Waals surface area contributed by atoms with Crippen LogP contribution in [0.1, 0.15) is 56.1 Å². The van der Waals surface area contributed by atoms with Crippen molar-refractivity contribution in [3.63, 3.8) is 0 Å². The zero-order chi connectivity index (χ0) is 17.0. The minimum atomic E-state index is -0.852. The summed E-state index contributed by atoms with van der Waals surface area (Å²) < 4.78 is 28.0. The summed E-state index contributed by atoms with van der Waals surface area (Å²) in [4.78, 5) is 10.1. The van der Waals surface area contributed by atoms with Gasteiger partial charge in [-0.1, -0.05) is 32.1 Å². The van der Waals surface area contributed by atoms with Gasteiger partial charge in [0.2, 0.25) is 0 Å². The van der Waals surface area contributed by atoms with Gasteiger partial charge < -0.3 is 5.32 Å². The average molecular weight is 344 g/mol. The van der Waals surface area contributed by atoms with Crippen molar-refractivity contribution in [2.45, 2.75) is 69.7 Å². The quantitative estimate of drug-likeness (QED) is 0.452. The van der Waals surface area contributed by atoms with E-state index in [9.17, 15) is 18.9 Å². The fourth-order valence-corrected chi connectivity index (χ4v) is 3.59. The van der Waals surface area contributed by atoms with Gasteiger partial charge in [0.05, 0.1) is 5.69 Å². The first-order valence-corrected chi connectivity index (χ1v) is 8.76. The Morgan fingerprint density at radius 3 is 2.17 bits per heavy atom. The van der Waals surface area contributed by atoms with Crippen LogP contribution in [0.5, 0.6) is 0 Å². The van der Waals surface area contributed by atoms with Crippen LogP contribution >= 0.6 is 11.9 Å². The molecule has 1 aliphatic rings. The molecule has 4 nitrogen and oxygen atoms in total. The molecule has 0 unspecified atom stereocenters. The van der Waals surface area contributed by atoms with Crippen LogP contribution in [0.2, 0.25) is 0 Å². The second kappa shape index (κ2) is 7.95. The van der Waals surface area contributed by atoms with Crippen molar-refractivity contribution >= 4 is 17.6 Å². The highest BCUT2D eigenvalue weighted by atomic mass is 32.2. The summed E-state index contributed by atoms with van der Waals surface area (Å²) in [6.45, 7) is 3.17. The van der Waals surface area contributed by atoms with Crippen LogP contribution in [0.4, 0.5) is 14.5 Å². The molecule has 0 radical (unpaired) electrons. The molecule has 2 rings (SSSR count). The summed E-state index contributed by atoms with van der Waals surface area (Å²) in [5.74, 6) is -1.70. The summed E-state index contributed by atoms with van der Waals surface area (Å²) in [6, 6.07) is 0.127. The third kappa shape index (κ3) is 4.34. The minimum absolute atomic E-state index is 0.00960. The Balaban J connectivity index is 2.32. The molecule has 1 saturated carbocycles. The fraction of sp³-hybridized carbons (Fsp3) is 0.625. The highest BCUT2D eigenvalue weighted by Crippen LogP contribution is 2.36. The molecule has 0 aromatic heterocycles. The normalized spacial score (nSPS) is 16.7. The van der Waals surface area contributed by atoms with Crippen molar-refractivity contribution in [2.75, 3.05) is 5.32 Å². The first-order chi connectivity index (χ1) is 10.9. The molecule has 0 spiro atoms. The van der Waals surface area contributed by atoms with Gasteiger partial charge in [-0.3, -0.25) is 10.1 Å². The number of hydrogen-bond acceptors (Lipinski definition) is 4. The van der Waals surface area contributed by atoms with Gasteiger partial charge >= 0.3 is 0 Å². The van der Waals surface area contributed by atoms with Crippen LogP contribution in [0.3, 0.4) is 0 Å². The predicted molar refractivity (Wildman–Crippen MR) is 88.4 cm³/mol. The molecule has 0 saturated heterocycles. The standard InChI is InChI=1S/C16H22F2N2O2S/c1-10-11(2)15(14(18)16(13(10)17)23-20(21)22)19-12-8-6-4-3-5-7-9-12/h12,19H,3-9H2,1-2H3. The van der Waals surface area contributed by atoms with Crippen molar-refractivity contribution in [2.24, 2.45) is 0 Å². The van der Waals surface area contributed by atoms with Crippen molar-refractivity contribution in [1.29, 1.82) is 0 Å². The van der Waals surface area contributed by atoms with E-state index in [1.165, 1.54) is 26.2 Å². The Kier molecular flexibility index (Phi) is 6.21. The van der Waals surface area contributed by atoms with Gasteiger partial charge in [0.15, 0.2) is 10.7 Å². The van der Waals surface area contributed by atoms with E-state index in [0.717, 1.165) is 25.7 Å². The number of nitrogens with zero attached hydrogens (tertiary/aromatic N) is 1. The largest absolute Gasteiger partial charge is 0.380 e. The first-order valence-electron chi connectivity index (χ1n) is 7.98. The van der Waals surface area contributed by atoms with Crippen molar-refractivity contribution in [3.8, 4) is 0 Å². The molecule has 1 fully saturated rings. The molecule has 1 aromatic carbocycles. The molecular formula is C16H22F2N2O2S. The van der Waals surface area contributed by atoms with Crippen LogP contribution in [0.25, 0.3) is 0 Å². The lowest BCUT2D eigenvalue weighted by atomic mass is 9.96. The number of nitrogens with one attached hydrogen (secondary N) is 1. The summed E-state index contributed by atoms with van der Waals surface area (Å²) in [5, 5.41) is 13.9. The van der Waals surface area contributed by atoms with Gasteiger partial charge in [-0.15, -0.1) is 0 Å². The van der Waals surface area contributed by atoms with E-state index in [1.807, 2.05) is 0 Å². The Morgan fingerprint density at radius 2 is 1.61 bits per heavy atom. The van der Waals surface area contributed by atoms with E-state index in [2.05, 4.69) is 5.32 Å². The molecular weight excluding hydrogens is 322 g/mol. The molecule has 23 heavy (non-hydrogen) atoms. The van der Waals surface area contributed by atoms with Crippen LogP contribution in [-0.2, 0) is 0 Å². The number of anilines is 1. The second-order valence-corrected chi connectivity index (χ2v) is 6.97. The predicted octanol–water partition coefficient (Wildman–Crippen LogP) is 5.39.